The Morgan fingerprint density at radius 3 is 2.76 bits per heavy atom. The molecule has 198 valence electrons. The maximum Gasteiger partial charge on any atom is 0.295 e. The van der Waals surface area contributed by atoms with Crippen molar-refractivity contribution in [3.63, 3.8) is 0 Å². The summed E-state index contributed by atoms with van der Waals surface area (Å²) in [5.74, 6) is 0.439. The molecule has 1 fully saturated rings. The van der Waals surface area contributed by atoms with Gasteiger partial charge in [-0.3, -0.25) is 14.3 Å². The number of benzene rings is 2. The number of para-hydroxylation sites is 1. The lowest BCUT2D eigenvalue weighted by Gasteiger charge is -2.26. The van der Waals surface area contributed by atoms with E-state index < -0.39 is 12.0 Å². The molecule has 1 aliphatic rings. The summed E-state index contributed by atoms with van der Waals surface area (Å²) in [5, 5.41) is 11.7. The van der Waals surface area contributed by atoms with Crippen molar-refractivity contribution in [1.29, 1.82) is 0 Å². The maximum absolute atomic E-state index is 13.3. The van der Waals surface area contributed by atoms with E-state index in [4.69, 9.17) is 25.5 Å². The third-order valence-corrected chi connectivity index (χ3v) is 6.88. The summed E-state index contributed by atoms with van der Waals surface area (Å²) in [6.07, 6.45) is 0.277. The van der Waals surface area contributed by atoms with E-state index in [-0.39, 0.29) is 28.9 Å². The fourth-order valence-corrected chi connectivity index (χ4v) is 4.74. The van der Waals surface area contributed by atoms with Crippen LogP contribution in [0.2, 0.25) is 5.02 Å². The quantitative estimate of drug-likeness (QED) is 0.363. The topological polar surface area (TPSA) is 113 Å². The molecule has 5 rings (SSSR count). The molecule has 0 aliphatic carbocycles. The molecule has 4 aromatic rings. The number of anilines is 1. The Labute approximate surface area is 224 Å². The van der Waals surface area contributed by atoms with Gasteiger partial charge in [-0.25, -0.2) is 4.68 Å². The van der Waals surface area contributed by atoms with E-state index in [9.17, 15) is 9.59 Å². The molecule has 1 amide bonds. The lowest BCUT2D eigenvalue weighted by Crippen LogP contribution is -2.32. The molecule has 0 spiro atoms. The zero-order valence-corrected chi connectivity index (χ0v) is 22.1. The predicted molar refractivity (Wildman–Crippen MR) is 142 cm³/mol. The van der Waals surface area contributed by atoms with E-state index in [2.05, 4.69) is 15.5 Å². The molecule has 0 saturated carbocycles. The monoisotopic (exact) mass is 537 g/mol. The van der Waals surface area contributed by atoms with Crippen LogP contribution < -0.4 is 15.6 Å². The van der Waals surface area contributed by atoms with Crippen LogP contribution in [0, 0.1) is 12.8 Å². The van der Waals surface area contributed by atoms with E-state index in [0.29, 0.717) is 53.8 Å². The third kappa shape index (κ3) is 4.97. The number of hydrogen-bond donors (Lipinski definition) is 1. The van der Waals surface area contributed by atoms with Gasteiger partial charge in [0.05, 0.1) is 23.6 Å². The number of halogens is 1. The minimum absolute atomic E-state index is 0.252. The highest BCUT2D eigenvalue weighted by Gasteiger charge is 2.33. The van der Waals surface area contributed by atoms with Gasteiger partial charge in [0.25, 0.3) is 11.4 Å². The van der Waals surface area contributed by atoms with Crippen molar-refractivity contribution in [2.75, 3.05) is 18.5 Å². The number of nitrogens with one attached hydrogen (secondary N) is 1. The summed E-state index contributed by atoms with van der Waals surface area (Å²) in [5.41, 5.74) is 1.92. The van der Waals surface area contributed by atoms with Crippen LogP contribution in [0.15, 0.2) is 57.7 Å². The predicted octanol–water partition coefficient (Wildman–Crippen LogP) is 4.69. The molecule has 11 heteroatoms. The molecule has 1 aliphatic heterocycles. The Bertz CT molecular complexity index is 1510. The number of rotatable bonds is 7. The molecule has 2 atom stereocenters. The Balaban J connectivity index is 1.33. The molecular formula is C27H28ClN5O5. The molecule has 1 N–H and O–H groups in total. The van der Waals surface area contributed by atoms with Gasteiger partial charge < -0.3 is 19.2 Å². The second-order valence-electron chi connectivity index (χ2n) is 9.03. The van der Waals surface area contributed by atoms with Crippen LogP contribution in [-0.2, 0) is 16.6 Å². The molecule has 10 nitrogen and oxygen atoms in total. The summed E-state index contributed by atoms with van der Waals surface area (Å²) in [6, 6.07) is 14.5. The van der Waals surface area contributed by atoms with Gasteiger partial charge in [0.15, 0.2) is 0 Å². The van der Waals surface area contributed by atoms with Gasteiger partial charge in [0.1, 0.15) is 17.5 Å². The normalized spacial score (nSPS) is 17.4. The lowest BCUT2D eigenvalue weighted by atomic mass is 9.94. The van der Waals surface area contributed by atoms with Gasteiger partial charge in [-0.05, 0) is 57.0 Å². The van der Waals surface area contributed by atoms with Gasteiger partial charge in [-0.1, -0.05) is 29.8 Å². The molecule has 0 unspecified atom stereocenters. The Morgan fingerprint density at radius 2 is 2.00 bits per heavy atom. The van der Waals surface area contributed by atoms with Crippen molar-refractivity contribution in [3.05, 3.63) is 75.5 Å². The van der Waals surface area contributed by atoms with E-state index in [1.807, 2.05) is 37.3 Å². The highest BCUT2D eigenvalue weighted by atomic mass is 35.5. The van der Waals surface area contributed by atoms with Crippen LogP contribution in [0.5, 0.6) is 5.75 Å². The summed E-state index contributed by atoms with van der Waals surface area (Å²) < 4.78 is 20.7. The summed E-state index contributed by atoms with van der Waals surface area (Å²) in [4.78, 5) is 26.5. The van der Waals surface area contributed by atoms with Crippen LogP contribution in [0.25, 0.3) is 17.1 Å². The highest BCUT2D eigenvalue weighted by Crippen LogP contribution is 2.36. The van der Waals surface area contributed by atoms with Gasteiger partial charge in [0.2, 0.25) is 11.8 Å². The van der Waals surface area contributed by atoms with Crippen molar-refractivity contribution < 1.29 is 18.7 Å². The standard InChI is InChI=1S/C27H28ClN5O5/c1-4-36-21-11-10-18(28)15-20(21)25-30-31-26(38-25)22-14-17(12-13-37-22)24(34)29-23-16(2)32(3)33(27(23)35)19-8-6-5-7-9-19/h5-11,15,17,22H,4,12-14H2,1-3H3,(H,29,34)/t17-,22+/m1/s1. The van der Waals surface area contributed by atoms with Crippen LogP contribution in [-0.4, -0.2) is 38.7 Å². The molecule has 2 aromatic heterocycles. The first kappa shape index (κ1) is 25.7. The second kappa shape index (κ2) is 10.8. The number of hydrogen-bond acceptors (Lipinski definition) is 7. The minimum Gasteiger partial charge on any atom is -0.493 e. The molecule has 2 aromatic carbocycles. The van der Waals surface area contributed by atoms with Crippen LogP contribution in [0.4, 0.5) is 5.69 Å². The average Bonchev–Trinajstić information content (AvgIpc) is 3.50. The van der Waals surface area contributed by atoms with Crippen LogP contribution in [0.3, 0.4) is 0 Å². The molecule has 1 saturated heterocycles. The first-order valence-electron chi connectivity index (χ1n) is 12.4. The number of aromatic nitrogens is 4. The summed E-state index contributed by atoms with van der Waals surface area (Å²) >= 11 is 6.17. The van der Waals surface area contributed by atoms with Crippen molar-refractivity contribution >= 4 is 23.2 Å². The number of amides is 1. The van der Waals surface area contributed by atoms with Gasteiger partial charge in [-0.15, -0.1) is 10.2 Å². The van der Waals surface area contributed by atoms with Crippen molar-refractivity contribution in [3.8, 4) is 22.9 Å². The fraction of sp³-hybridized carbons (Fsp3) is 0.333. The Hall–Kier alpha value is -3.89. The zero-order valence-electron chi connectivity index (χ0n) is 21.3. The van der Waals surface area contributed by atoms with Crippen LogP contribution >= 0.6 is 11.6 Å². The van der Waals surface area contributed by atoms with Crippen molar-refractivity contribution in [1.82, 2.24) is 19.6 Å². The Morgan fingerprint density at radius 1 is 1.21 bits per heavy atom. The first-order chi connectivity index (χ1) is 18.4. The lowest BCUT2D eigenvalue weighted by molar-refractivity contribution is -0.125. The van der Waals surface area contributed by atoms with Crippen molar-refractivity contribution in [2.24, 2.45) is 13.0 Å². The molecule has 3 heterocycles. The van der Waals surface area contributed by atoms with E-state index in [0.717, 1.165) is 0 Å². The van der Waals surface area contributed by atoms with E-state index in [1.165, 1.54) is 4.68 Å². The fourth-order valence-electron chi connectivity index (χ4n) is 4.57. The number of ether oxygens (including phenoxy) is 2. The molecular weight excluding hydrogens is 510 g/mol. The van der Waals surface area contributed by atoms with E-state index >= 15 is 0 Å². The van der Waals surface area contributed by atoms with Crippen LogP contribution in [0.1, 0.15) is 37.5 Å². The van der Waals surface area contributed by atoms with Gasteiger partial charge in [-0.2, -0.15) is 0 Å². The number of carbonyl (C=O) groups excluding carboxylic acids is 1. The highest BCUT2D eigenvalue weighted by molar-refractivity contribution is 6.30. The SMILES string of the molecule is CCOc1ccc(Cl)cc1-c1nnc([C@@H]2C[C@H](C(=O)Nc3c(C)n(C)n(-c4ccccc4)c3=O)CCO2)o1. The molecule has 38 heavy (non-hydrogen) atoms. The molecule has 0 bridgehead atoms. The number of carbonyl (C=O) groups is 1. The summed E-state index contributed by atoms with van der Waals surface area (Å²) in [6.45, 7) is 4.49. The maximum atomic E-state index is 13.3. The average molecular weight is 538 g/mol. The second-order valence-corrected chi connectivity index (χ2v) is 9.46. The van der Waals surface area contributed by atoms with Crippen molar-refractivity contribution in [2.45, 2.75) is 32.8 Å². The summed E-state index contributed by atoms with van der Waals surface area (Å²) in [7, 11) is 1.79. The van der Waals surface area contributed by atoms with Gasteiger partial charge in [0, 0.05) is 24.6 Å². The molecule has 0 radical (unpaired) electrons. The smallest absolute Gasteiger partial charge is 0.295 e. The minimum atomic E-state index is -0.562. The zero-order chi connectivity index (χ0) is 26.8. The third-order valence-electron chi connectivity index (χ3n) is 6.65. The van der Waals surface area contributed by atoms with Gasteiger partial charge >= 0.3 is 0 Å². The Kier molecular flexibility index (Phi) is 7.35. The number of nitrogens with zero attached hydrogens (tertiary/aromatic N) is 4. The van der Waals surface area contributed by atoms with E-state index in [1.54, 1.807) is 36.9 Å². The first-order valence-corrected chi connectivity index (χ1v) is 12.8. The largest absolute Gasteiger partial charge is 0.493 e.